The number of hydrogen-bond acceptors (Lipinski definition) is 4. The van der Waals surface area contributed by atoms with Gasteiger partial charge in [0, 0.05) is 0 Å². The molecule has 2 aromatic rings. The number of carbonyl (C=O) groups excluding carboxylic acids is 1. The molecule has 0 amide bonds. The van der Waals surface area contributed by atoms with Crippen LogP contribution in [0, 0.1) is 0 Å². The molecule has 2 unspecified atom stereocenters. The number of esters is 1. The molecule has 0 fully saturated rings. The number of aliphatic hydroxyl groups is 1. The highest BCUT2D eigenvalue weighted by Crippen LogP contribution is 2.30. The highest BCUT2D eigenvalue weighted by atomic mass is 16.6. The predicted octanol–water partition coefficient (Wildman–Crippen LogP) is 4.75. The molecule has 1 N–H and O–H groups in total. The second kappa shape index (κ2) is 9.93. The third-order valence-electron chi connectivity index (χ3n) is 4.31. The quantitative estimate of drug-likeness (QED) is 0.540. The summed E-state index contributed by atoms with van der Waals surface area (Å²) in [7, 11) is 1.56. The third-order valence-corrected chi connectivity index (χ3v) is 4.31. The maximum atomic E-state index is 12.6. The number of methoxy groups -OCH3 is 1. The van der Waals surface area contributed by atoms with Gasteiger partial charge in [-0.05, 0) is 55.5 Å². The molecule has 0 aromatic heterocycles. The first-order valence-corrected chi connectivity index (χ1v) is 9.27. The Hall–Kier alpha value is -2.59. The van der Waals surface area contributed by atoms with Crippen molar-refractivity contribution >= 4 is 12.0 Å². The lowest BCUT2D eigenvalue weighted by Gasteiger charge is -2.14. The van der Waals surface area contributed by atoms with E-state index in [1.807, 2.05) is 49.4 Å². The van der Waals surface area contributed by atoms with Crippen LogP contribution in [0.4, 0.5) is 0 Å². The normalized spacial score (nSPS) is 13.4. The monoisotopic (exact) mass is 368 g/mol. The summed E-state index contributed by atoms with van der Waals surface area (Å²) in [6.07, 6.45) is 5.22. The van der Waals surface area contributed by atoms with Crippen LogP contribution in [0.15, 0.2) is 48.5 Å². The zero-order chi connectivity index (χ0) is 19.8. The summed E-state index contributed by atoms with van der Waals surface area (Å²) >= 11 is 0. The molecule has 4 heteroatoms. The number of aliphatic hydroxyl groups excluding tert-OH is 1. The first-order valence-electron chi connectivity index (χ1n) is 9.27. The molecule has 0 saturated carbocycles. The molecule has 0 aliphatic rings. The highest BCUT2D eigenvalue weighted by Gasteiger charge is 2.19. The molecule has 0 spiro atoms. The zero-order valence-corrected chi connectivity index (χ0v) is 16.4. The maximum absolute atomic E-state index is 12.6. The van der Waals surface area contributed by atoms with Gasteiger partial charge in [0.05, 0.1) is 19.1 Å². The Morgan fingerprint density at radius 2 is 1.81 bits per heavy atom. The Kier molecular flexibility index (Phi) is 7.62. The van der Waals surface area contributed by atoms with Gasteiger partial charge in [-0.1, -0.05) is 49.4 Å². The minimum absolute atomic E-state index is 0.339. The van der Waals surface area contributed by atoms with Crippen molar-refractivity contribution in [2.24, 2.45) is 0 Å². The van der Waals surface area contributed by atoms with Crippen LogP contribution in [-0.4, -0.2) is 24.3 Å². The van der Waals surface area contributed by atoms with Gasteiger partial charge in [-0.25, -0.2) is 0 Å². The van der Waals surface area contributed by atoms with E-state index in [1.54, 1.807) is 20.1 Å². The van der Waals surface area contributed by atoms with Gasteiger partial charge in [0.1, 0.15) is 0 Å². The third kappa shape index (κ3) is 5.97. The van der Waals surface area contributed by atoms with Gasteiger partial charge in [0.2, 0.25) is 0 Å². The van der Waals surface area contributed by atoms with E-state index in [0.717, 1.165) is 23.1 Å². The summed E-state index contributed by atoms with van der Waals surface area (Å²) in [4.78, 5) is 12.6. The van der Waals surface area contributed by atoms with Crippen LogP contribution in [0.2, 0.25) is 0 Å². The molecule has 0 saturated heterocycles. The molecule has 0 heterocycles. The Morgan fingerprint density at radius 3 is 2.41 bits per heavy atom. The van der Waals surface area contributed by atoms with Gasteiger partial charge in [-0.3, -0.25) is 4.79 Å². The average molecular weight is 368 g/mol. The second-order valence-corrected chi connectivity index (χ2v) is 6.66. The molecular weight excluding hydrogens is 340 g/mol. The summed E-state index contributed by atoms with van der Waals surface area (Å²) in [6, 6.07) is 13.2. The van der Waals surface area contributed by atoms with Crippen molar-refractivity contribution in [2.45, 2.75) is 45.6 Å². The van der Waals surface area contributed by atoms with E-state index in [4.69, 9.17) is 9.47 Å². The van der Waals surface area contributed by atoms with Crippen LogP contribution >= 0.6 is 0 Å². The number of carbonyl (C=O) groups is 1. The van der Waals surface area contributed by atoms with Crippen molar-refractivity contribution in [1.29, 1.82) is 0 Å². The maximum Gasteiger partial charge on any atom is 0.318 e. The highest BCUT2D eigenvalue weighted by molar-refractivity contribution is 5.80. The number of ether oxygens (including phenoxy) is 2. The van der Waals surface area contributed by atoms with Gasteiger partial charge < -0.3 is 14.6 Å². The molecule has 0 aliphatic carbocycles. The fraction of sp³-hybridized carbons (Fsp3) is 0.348. The smallest absolute Gasteiger partial charge is 0.318 e. The molecule has 2 atom stereocenters. The predicted molar refractivity (Wildman–Crippen MR) is 108 cm³/mol. The SMILES string of the molecule is CC/C=C/c1ccc(OC(=O)C(C)c2ccc(CC(C)O)cc2)c(OC)c1. The summed E-state index contributed by atoms with van der Waals surface area (Å²) in [6.45, 7) is 5.64. The van der Waals surface area contributed by atoms with Crippen LogP contribution in [0.25, 0.3) is 6.08 Å². The largest absolute Gasteiger partial charge is 0.493 e. The molecule has 2 rings (SSSR count). The van der Waals surface area contributed by atoms with Gasteiger partial charge in [0.15, 0.2) is 11.5 Å². The molecule has 0 aliphatic heterocycles. The van der Waals surface area contributed by atoms with Gasteiger partial charge >= 0.3 is 5.97 Å². The van der Waals surface area contributed by atoms with Crippen molar-refractivity contribution < 1.29 is 19.4 Å². The number of rotatable bonds is 8. The van der Waals surface area contributed by atoms with E-state index < -0.39 is 5.92 Å². The fourth-order valence-corrected chi connectivity index (χ4v) is 2.74. The Bertz CT molecular complexity index is 775. The molecule has 0 bridgehead atoms. The summed E-state index contributed by atoms with van der Waals surface area (Å²) in [5, 5.41) is 9.46. The molecule has 144 valence electrons. The van der Waals surface area contributed by atoms with Crippen molar-refractivity contribution in [3.8, 4) is 11.5 Å². The van der Waals surface area contributed by atoms with Crippen molar-refractivity contribution in [1.82, 2.24) is 0 Å². The first-order chi connectivity index (χ1) is 12.9. The molecule has 2 aromatic carbocycles. The second-order valence-electron chi connectivity index (χ2n) is 6.66. The van der Waals surface area contributed by atoms with E-state index in [1.165, 1.54) is 0 Å². The summed E-state index contributed by atoms with van der Waals surface area (Å²) < 4.78 is 10.9. The lowest BCUT2D eigenvalue weighted by atomic mass is 9.98. The zero-order valence-electron chi connectivity index (χ0n) is 16.4. The van der Waals surface area contributed by atoms with Gasteiger partial charge in [0.25, 0.3) is 0 Å². The standard InChI is InChI=1S/C23H28O4/c1-5-6-7-18-10-13-21(22(15-18)26-4)27-23(25)17(3)20-11-8-19(9-12-20)14-16(2)24/h6-13,15-17,24H,5,14H2,1-4H3/b7-6+. The Balaban J connectivity index is 2.10. The van der Waals surface area contributed by atoms with Crippen LogP contribution in [0.3, 0.4) is 0 Å². The Labute approximate surface area is 161 Å². The van der Waals surface area contributed by atoms with Crippen molar-refractivity contribution in [2.75, 3.05) is 7.11 Å². The minimum atomic E-state index is -0.407. The molecule has 4 nitrogen and oxygen atoms in total. The fourth-order valence-electron chi connectivity index (χ4n) is 2.74. The molecule has 27 heavy (non-hydrogen) atoms. The van der Waals surface area contributed by atoms with Crippen LogP contribution < -0.4 is 9.47 Å². The average Bonchev–Trinajstić information content (AvgIpc) is 2.66. The summed E-state index contributed by atoms with van der Waals surface area (Å²) in [5.41, 5.74) is 2.90. The van der Waals surface area contributed by atoms with E-state index in [2.05, 4.69) is 13.0 Å². The lowest BCUT2D eigenvalue weighted by Crippen LogP contribution is -2.16. The van der Waals surface area contributed by atoms with E-state index >= 15 is 0 Å². The lowest BCUT2D eigenvalue weighted by molar-refractivity contribution is -0.135. The number of allylic oxidation sites excluding steroid dienone is 1. The minimum Gasteiger partial charge on any atom is -0.493 e. The van der Waals surface area contributed by atoms with Gasteiger partial charge in [-0.15, -0.1) is 0 Å². The number of benzene rings is 2. The first kappa shape index (κ1) is 20.7. The van der Waals surface area contributed by atoms with Crippen LogP contribution in [0.5, 0.6) is 11.5 Å². The molecular formula is C23H28O4. The van der Waals surface area contributed by atoms with Crippen LogP contribution in [-0.2, 0) is 11.2 Å². The van der Waals surface area contributed by atoms with Crippen molar-refractivity contribution in [3.05, 3.63) is 65.2 Å². The number of hydrogen-bond donors (Lipinski definition) is 1. The summed E-state index contributed by atoms with van der Waals surface area (Å²) in [5.74, 6) is 0.193. The van der Waals surface area contributed by atoms with Crippen LogP contribution in [0.1, 0.15) is 49.8 Å². The van der Waals surface area contributed by atoms with Gasteiger partial charge in [-0.2, -0.15) is 0 Å². The molecule has 0 radical (unpaired) electrons. The van der Waals surface area contributed by atoms with Crippen molar-refractivity contribution in [3.63, 3.8) is 0 Å². The Morgan fingerprint density at radius 1 is 1.11 bits per heavy atom. The van der Waals surface area contributed by atoms with E-state index in [-0.39, 0.29) is 12.1 Å². The topological polar surface area (TPSA) is 55.8 Å². The van der Waals surface area contributed by atoms with E-state index in [9.17, 15) is 9.90 Å². The van der Waals surface area contributed by atoms with E-state index in [0.29, 0.717) is 17.9 Å².